The molecule has 0 bridgehead atoms. The summed E-state index contributed by atoms with van der Waals surface area (Å²) < 4.78 is 26.5. The molecule has 0 radical (unpaired) electrons. The number of likely N-dealkylation sites (N-methyl/N-ethyl adjacent to an activating group) is 1. The van der Waals surface area contributed by atoms with E-state index in [9.17, 15) is 13.6 Å². The fraction of sp³-hybridized carbons (Fsp3) is 0.188. The van der Waals surface area contributed by atoms with E-state index in [-0.39, 0.29) is 29.0 Å². The standard InChI is InChI=1S/C16H15ClF2N2O/c1-21(10-11-5-7-12(18)8-6-11)15(22)9-20-14-4-2-3-13(17)16(14)19/h2-8,20H,9-10H2,1H3. The summed E-state index contributed by atoms with van der Waals surface area (Å²) in [4.78, 5) is 13.5. The quantitative estimate of drug-likeness (QED) is 0.909. The number of nitrogens with one attached hydrogen (secondary N) is 1. The molecule has 0 aliphatic rings. The first-order chi connectivity index (χ1) is 10.5. The van der Waals surface area contributed by atoms with Gasteiger partial charge < -0.3 is 10.2 Å². The second-order valence-corrected chi connectivity index (χ2v) is 5.24. The maximum atomic E-state index is 13.7. The van der Waals surface area contributed by atoms with E-state index in [1.807, 2.05) is 0 Å². The molecule has 0 fully saturated rings. The van der Waals surface area contributed by atoms with Crippen LogP contribution in [0.2, 0.25) is 5.02 Å². The smallest absolute Gasteiger partial charge is 0.241 e. The van der Waals surface area contributed by atoms with Crippen molar-refractivity contribution in [3.05, 3.63) is 64.7 Å². The summed E-state index contributed by atoms with van der Waals surface area (Å²) in [5.74, 6) is -1.13. The first-order valence-corrected chi connectivity index (χ1v) is 7.01. The average molecular weight is 325 g/mol. The van der Waals surface area contributed by atoms with Crippen molar-refractivity contribution < 1.29 is 13.6 Å². The van der Waals surface area contributed by atoms with Crippen LogP contribution in [0, 0.1) is 11.6 Å². The SMILES string of the molecule is CN(Cc1ccc(F)cc1)C(=O)CNc1cccc(Cl)c1F. The normalized spacial score (nSPS) is 10.4. The van der Waals surface area contributed by atoms with Crippen molar-refractivity contribution in [2.75, 3.05) is 18.9 Å². The molecule has 0 aromatic heterocycles. The summed E-state index contributed by atoms with van der Waals surface area (Å²) >= 11 is 5.67. The Labute approximate surface area is 132 Å². The van der Waals surface area contributed by atoms with Crippen molar-refractivity contribution in [1.82, 2.24) is 4.90 Å². The fourth-order valence-corrected chi connectivity index (χ4v) is 2.07. The molecule has 0 atom stereocenters. The van der Waals surface area contributed by atoms with Crippen molar-refractivity contribution in [3.8, 4) is 0 Å². The molecule has 1 N–H and O–H groups in total. The summed E-state index contributed by atoms with van der Waals surface area (Å²) in [5, 5.41) is 2.72. The lowest BCUT2D eigenvalue weighted by atomic mass is 10.2. The molecule has 0 saturated carbocycles. The number of carbonyl (C=O) groups excluding carboxylic acids is 1. The molecular weight excluding hydrogens is 310 g/mol. The van der Waals surface area contributed by atoms with E-state index in [0.717, 1.165) is 5.56 Å². The van der Waals surface area contributed by atoms with E-state index in [4.69, 9.17) is 11.6 Å². The molecule has 0 unspecified atom stereocenters. The number of carbonyl (C=O) groups is 1. The number of amides is 1. The molecule has 0 spiro atoms. The van der Waals surface area contributed by atoms with Crippen LogP contribution >= 0.6 is 11.6 Å². The van der Waals surface area contributed by atoms with Gasteiger partial charge in [0.25, 0.3) is 0 Å². The van der Waals surface area contributed by atoms with Crippen molar-refractivity contribution in [3.63, 3.8) is 0 Å². The highest BCUT2D eigenvalue weighted by molar-refractivity contribution is 6.31. The number of benzene rings is 2. The van der Waals surface area contributed by atoms with Crippen LogP contribution < -0.4 is 5.32 Å². The molecule has 1 amide bonds. The zero-order chi connectivity index (χ0) is 16.1. The number of anilines is 1. The van der Waals surface area contributed by atoms with E-state index in [2.05, 4.69) is 5.32 Å². The zero-order valence-corrected chi connectivity index (χ0v) is 12.7. The summed E-state index contributed by atoms with van der Waals surface area (Å²) in [6.07, 6.45) is 0. The Balaban J connectivity index is 1.91. The monoisotopic (exact) mass is 324 g/mol. The van der Waals surface area contributed by atoms with Crippen LogP contribution in [0.25, 0.3) is 0 Å². The van der Waals surface area contributed by atoms with Gasteiger partial charge in [0.2, 0.25) is 5.91 Å². The Bertz CT molecular complexity index is 662. The Kier molecular flexibility index (Phi) is 5.33. The first kappa shape index (κ1) is 16.2. The Morgan fingerprint density at radius 2 is 1.86 bits per heavy atom. The molecule has 2 aromatic carbocycles. The highest BCUT2D eigenvalue weighted by atomic mass is 35.5. The van der Waals surface area contributed by atoms with Gasteiger partial charge in [0.15, 0.2) is 5.82 Å². The maximum absolute atomic E-state index is 13.7. The van der Waals surface area contributed by atoms with Crippen molar-refractivity contribution in [1.29, 1.82) is 0 Å². The lowest BCUT2D eigenvalue weighted by Crippen LogP contribution is -2.31. The second-order valence-electron chi connectivity index (χ2n) is 4.83. The average Bonchev–Trinajstić information content (AvgIpc) is 2.50. The maximum Gasteiger partial charge on any atom is 0.241 e. The predicted octanol–water partition coefficient (Wildman–Crippen LogP) is 3.69. The van der Waals surface area contributed by atoms with Gasteiger partial charge in [0.1, 0.15) is 5.82 Å². The molecule has 2 rings (SSSR count). The van der Waals surface area contributed by atoms with Crippen LogP contribution in [-0.2, 0) is 11.3 Å². The Morgan fingerprint density at radius 1 is 1.18 bits per heavy atom. The Hall–Kier alpha value is -2.14. The van der Waals surface area contributed by atoms with Gasteiger partial charge in [-0.3, -0.25) is 4.79 Å². The van der Waals surface area contributed by atoms with E-state index in [1.54, 1.807) is 25.2 Å². The van der Waals surface area contributed by atoms with Gasteiger partial charge in [-0.25, -0.2) is 8.78 Å². The Morgan fingerprint density at radius 3 is 2.55 bits per heavy atom. The van der Waals surface area contributed by atoms with E-state index in [0.29, 0.717) is 6.54 Å². The van der Waals surface area contributed by atoms with Crippen LogP contribution in [0.3, 0.4) is 0 Å². The van der Waals surface area contributed by atoms with Crippen molar-refractivity contribution in [2.45, 2.75) is 6.54 Å². The van der Waals surface area contributed by atoms with Gasteiger partial charge in [0, 0.05) is 13.6 Å². The summed E-state index contributed by atoms with van der Waals surface area (Å²) in [5.41, 5.74) is 0.988. The minimum Gasteiger partial charge on any atom is -0.374 e. The summed E-state index contributed by atoms with van der Waals surface area (Å²) in [6, 6.07) is 10.5. The third kappa shape index (κ3) is 4.18. The third-order valence-corrected chi connectivity index (χ3v) is 3.43. The van der Waals surface area contributed by atoms with Crippen LogP contribution in [0.4, 0.5) is 14.5 Å². The van der Waals surface area contributed by atoms with Gasteiger partial charge in [-0.1, -0.05) is 29.8 Å². The summed E-state index contributed by atoms with van der Waals surface area (Å²) in [6.45, 7) is 0.285. The minimum atomic E-state index is -0.585. The van der Waals surface area contributed by atoms with Gasteiger partial charge >= 0.3 is 0 Å². The predicted molar refractivity (Wildman–Crippen MR) is 82.8 cm³/mol. The van der Waals surface area contributed by atoms with Gasteiger partial charge in [-0.05, 0) is 29.8 Å². The second kappa shape index (κ2) is 7.22. The number of rotatable bonds is 5. The van der Waals surface area contributed by atoms with Crippen molar-refractivity contribution in [2.24, 2.45) is 0 Å². The van der Waals surface area contributed by atoms with E-state index < -0.39 is 5.82 Å². The van der Waals surface area contributed by atoms with Crippen LogP contribution in [-0.4, -0.2) is 24.4 Å². The molecule has 0 heterocycles. The third-order valence-electron chi connectivity index (χ3n) is 3.14. The van der Waals surface area contributed by atoms with E-state index >= 15 is 0 Å². The topological polar surface area (TPSA) is 32.3 Å². The molecule has 116 valence electrons. The highest BCUT2D eigenvalue weighted by Gasteiger charge is 2.11. The van der Waals surface area contributed by atoms with E-state index in [1.165, 1.54) is 29.2 Å². The number of halogens is 3. The summed E-state index contributed by atoms with van der Waals surface area (Å²) in [7, 11) is 1.63. The zero-order valence-electron chi connectivity index (χ0n) is 11.9. The number of nitrogens with zero attached hydrogens (tertiary/aromatic N) is 1. The molecule has 0 aliphatic carbocycles. The fourth-order valence-electron chi connectivity index (χ4n) is 1.90. The molecular formula is C16H15ClF2N2O. The highest BCUT2D eigenvalue weighted by Crippen LogP contribution is 2.21. The first-order valence-electron chi connectivity index (χ1n) is 6.63. The van der Waals surface area contributed by atoms with Crippen LogP contribution in [0.15, 0.2) is 42.5 Å². The van der Waals surface area contributed by atoms with Gasteiger partial charge in [-0.2, -0.15) is 0 Å². The molecule has 6 heteroatoms. The van der Waals surface area contributed by atoms with Crippen LogP contribution in [0.1, 0.15) is 5.56 Å². The molecule has 0 saturated heterocycles. The lowest BCUT2D eigenvalue weighted by molar-refractivity contribution is -0.128. The van der Waals surface area contributed by atoms with Gasteiger partial charge in [0.05, 0.1) is 17.3 Å². The molecule has 22 heavy (non-hydrogen) atoms. The van der Waals surface area contributed by atoms with Crippen LogP contribution in [0.5, 0.6) is 0 Å². The molecule has 3 nitrogen and oxygen atoms in total. The minimum absolute atomic E-state index is 0.00267. The lowest BCUT2D eigenvalue weighted by Gasteiger charge is -2.18. The van der Waals surface area contributed by atoms with Crippen molar-refractivity contribution >= 4 is 23.2 Å². The largest absolute Gasteiger partial charge is 0.374 e. The molecule has 0 aliphatic heterocycles. The number of hydrogen-bond donors (Lipinski definition) is 1. The molecule has 2 aromatic rings. The number of hydrogen-bond acceptors (Lipinski definition) is 2. The van der Waals surface area contributed by atoms with Gasteiger partial charge in [-0.15, -0.1) is 0 Å².